The molecule has 2 aliphatic rings. The monoisotopic (exact) mass is 248 g/mol. The Bertz CT molecular complexity index is 507. The number of pyridine rings is 1. The van der Waals surface area contributed by atoms with Gasteiger partial charge in [-0.1, -0.05) is 6.07 Å². The van der Waals surface area contributed by atoms with E-state index in [4.69, 9.17) is 4.74 Å². The lowest BCUT2D eigenvalue weighted by Gasteiger charge is -2.35. The van der Waals surface area contributed by atoms with Crippen LogP contribution in [-0.4, -0.2) is 41.6 Å². The molecule has 5 heteroatoms. The van der Waals surface area contributed by atoms with Crippen LogP contribution in [0.2, 0.25) is 0 Å². The molecule has 1 atom stereocenters. The van der Waals surface area contributed by atoms with Crippen LogP contribution in [0.25, 0.3) is 0 Å². The Labute approximate surface area is 105 Å². The number of hydrogen-bond donors (Lipinski definition) is 1. The minimum Gasteiger partial charge on any atom is -0.377 e. The molecule has 0 aromatic carbocycles. The van der Waals surface area contributed by atoms with Crippen LogP contribution in [0.15, 0.2) is 23.0 Å². The smallest absolute Gasteiger partial charge is 0.270 e. The Hall–Kier alpha value is -1.62. The second-order valence-electron chi connectivity index (χ2n) is 4.91. The molecular weight excluding hydrogens is 232 g/mol. The van der Waals surface area contributed by atoms with Crippen LogP contribution in [0.5, 0.6) is 0 Å². The van der Waals surface area contributed by atoms with Gasteiger partial charge in [-0.3, -0.25) is 9.59 Å². The first kappa shape index (κ1) is 11.5. The summed E-state index contributed by atoms with van der Waals surface area (Å²) in [6.45, 7) is 1.80. The van der Waals surface area contributed by atoms with E-state index in [0.29, 0.717) is 31.4 Å². The third-order valence-electron chi connectivity index (χ3n) is 3.59. The van der Waals surface area contributed by atoms with Crippen molar-refractivity contribution in [1.29, 1.82) is 0 Å². The summed E-state index contributed by atoms with van der Waals surface area (Å²) in [5.74, 6) is 0.484. The molecular formula is C13H16N2O3. The first-order valence-corrected chi connectivity index (χ1v) is 6.34. The van der Waals surface area contributed by atoms with Crippen LogP contribution < -0.4 is 5.56 Å². The fourth-order valence-electron chi connectivity index (χ4n) is 2.47. The van der Waals surface area contributed by atoms with Gasteiger partial charge in [0.25, 0.3) is 5.91 Å². The molecule has 1 N–H and O–H groups in total. The minimum absolute atomic E-state index is 0.0899. The first-order valence-electron chi connectivity index (χ1n) is 6.34. The van der Waals surface area contributed by atoms with Crippen LogP contribution in [0.3, 0.4) is 0 Å². The molecule has 0 unspecified atom stereocenters. The molecule has 0 spiro atoms. The highest BCUT2D eigenvalue weighted by atomic mass is 16.5. The van der Waals surface area contributed by atoms with Gasteiger partial charge in [0.15, 0.2) is 0 Å². The van der Waals surface area contributed by atoms with Crippen LogP contribution >= 0.6 is 0 Å². The summed E-state index contributed by atoms with van der Waals surface area (Å²) in [5.41, 5.74) is 0.132. The summed E-state index contributed by atoms with van der Waals surface area (Å²) < 4.78 is 5.46. The van der Waals surface area contributed by atoms with Gasteiger partial charge in [0.05, 0.1) is 19.3 Å². The Morgan fingerprint density at radius 2 is 2.22 bits per heavy atom. The van der Waals surface area contributed by atoms with Crippen LogP contribution in [0.4, 0.5) is 0 Å². The van der Waals surface area contributed by atoms with Crippen molar-refractivity contribution in [2.75, 3.05) is 19.8 Å². The minimum atomic E-state index is -0.239. The van der Waals surface area contributed by atoms with Crippen molar-refractivity contribution in [3.05, 3.63) is 34.2 Å². The number of hydrogen-bond acceptors (Lipinski definition) is 3. The zero-order valence-electron chi connectivity index (χ0n) is 10.1. The number of carbonyl (C=O) groups is 1. The van der Waals surface area contributed by atoms with Crippen molar-refractivity contribution < 1.29 is 9.53 Å². The normalized spacial score (nSPS) is 24.0. The van der Waals surface area contributed by atoms with Gasteiger partial charge >= 0.3 is 0 Å². The Kier molecular flexibility index (Phi) is 2.91. The SMILES string of the molecule is O=C(c1cccc(=O)[nH]1)N1CCOC[C@@H]1C1CC1. The molecule has 18 heavy (non-hydrogen) atoms. The van der Waals surface area contributed by atoms with Gasteiger partial charge in [-0.15, -0.1) is 0 Å². The van der Waals surface area contributed by atoms with E-state index in [2.05, 4.69) is 4.98 Å². The van der Waals surface area contributed by atoms with Crippen molar-refractivity contribution >= 4 is 5.91 Å². The van der Waals surface area contributed by atoms with Crippen molar-refractivity contribution in [2.24, 2.45) is 5.92 Å². The molecule has 1 saturated carbocycles. The van der Waals surface area contributed by atoms with E-state index in [9.17, 15) is 9.59 Å². The molecule has 0 bridgehead atoms. The van der Waals surface area contributed by atoms with Gasteiger partial charge in [0.2, 0.25) is 5.56 Å². The van der Waals surface area contributed by atoms with E-state index >= 15 is 0 Å². The van der Waals surface area contributed by atoms with Gasteiger partial charge in [0.1, 0.15) is 5.69 Å². The van der Waals surface area contributed by atoms with Crippen LogP contribution in [0, 0.1) is 5.92 Å². The number of H-pyrrole nitrogens is 1. The highest BCUT2D eigenvalue weighted by Gasteiger charge is 2.39. The van der Waals surface area contributed by atoms with Crippen LogP contribution in [-0.2, 0) is 4.74 Å². The Balaban J connectivity index is 1.83. The Morgan fingerprint density at radius 1 is 1.39 bits per heavy atom. The molecule has 2 fully saturated rings. The summed E-state index contributed by atoms with van der Waals surface area (Å²) in [7, 11) is 0. The van der Waals surface area contributed by atoms with E-state index in [-0.39, 0.29) is 17.5 Å². The molecule has 1 saturated heterocycles. The van der Waals surface area contributed by atoms with E-state index < -0.39 is 0 Å². The van der Waals surface area contributed by atoms with Crippen molar-refractivity contribution in [3.63, 3.8) is 0 Å². The molecule has 2 heterocycles. The number of amides is 1. The largest absolute Gasteiger partial charge is 0.377 e. The summed E-state index contributed by atoms with van der Waals surface area (Å²) in [5, 5.41) is 0. The topological polar surface area (TPSA) is 62.4 Å². The molecule has 1 aliphatic heterocycles. The maximum Gasteiger partial charge on any atom is 0.270 e. The predicted octanol–water partition coefficient (Wildman–Crippen LogP) is 0.626. The van der Waals surface area contributed by atoms with Crippen LogP contribution in [0.1, 0.15) is 23.3 Å². The number of carbonyl (C=O) groups excluding carboxylic acids is 1. The standard InChI is InChI=1S/C13H16N2O3/c16-12-3-1-2-10(14-12)13(17)15-6-7-18-8-11(15)9-4-5-9/h1-3,9,11H,4-8H2,(H,14,16)/t11-/m1/s1. The predicted molar refractivity (Wildman–Crippen MR) is 65.4 cm³/mol. The average molecular weight is 248 g/mol. The Morgan fingerprint density at radius 3 is 2.94 bits per heavy atom. The summed E-state index contributed by atoms with van der Waals surface area (Å²) in [6, 6.07) is 4.85. The third kappa shape index (κ3) is 2.18. The molecule has 3 rings (SSSR count). The lowest BCUT2D eigenvalue weighted by atomic mass is 10.1. The summed E-state index contributed by atoms with van der Waals surface area (Å²) in [4.78, 5) is 28.1. The second kappa shape index (κ2) is 4.57. The van der Waals surface area contributed by atoms with Gasteiger partial charge in [0, 0.05) is 12.6 Å². The van der Waals surface area contributed by atoms with E-state index in [1.54, 1.807) is 12.1 Å². The zero-order valence-corrected chi connectivity index (χ0v) is 10.1. The zero-order chi connectivity index (χ0) is 12.5. The van der Waals surface area contributed by atoms with Gasteiger partial charge in [-0.2, -0.15) is 0 Å². The maximum atomic E-state index is 12.4. The van der Waals surface area contributed by atoms with E-state index in [1.807, 2.05) is 4.90 Å². The number of aromatic nitrogens is 1. The lowest BCUT2D eigenvalue weighted by Crippen LogP contribution is -2.50. The highest BCUT2D eigenvalue weighted by molar-refractivity contribution is 5.92. The molecule has 1 aromatic rings. The lowest BCUT2D eigenvalue weighted by molar-refractivity contribution is -0.00865. The first-order chi connectivity index (χ1) is 8.75. The fraction of sp³-hybridized carbons (Fsp3) is 0.538. The molecule has 1 aromatic heterocycles. The average Bonchev–Trinajstić information content (AvgIpc) is 3.22. The second-order valence-corrected chi connectivity index (χ2v) is 4.91. The number of nitrogens with zero attached hydrogens (tertiary/aromatic N) is 1. The maximum absolute atomic E-state index is 12.4. The van der Waals surface area contributed by atoms with Gasteiger partial charge in [-0.25, -0.2) is 0 Å². The quantitative estimate of drug-likeness (QED) is 0.834. The molecule has 96 valence electrons. The number of ether oxygens (including phenoxy) is 1. The molecule has 1 aliphatic carbocycles. The number of aromatic amines is 1. The van der Waals surface area contributed by atoms with E-state index in [0.717, 1.165) is 0 Å². The molecule has 5 nitrogen and oxygen atoms in total. The van der Waals surface area contributed by atoms with Crippen molar-refractivity contribution in [3.8, 4) is 0 Å². The summed E-state index contributed by atoms with van der Waals surface area (Å²) >= 11 is 0. The number of nitrogens with one attached hydrogen (secondary N) is 1. The third-order valence-corrected chi connectivity index (χ3v) is 3.59. The highest BCUT2D eigenvalue weighted by Crippen LogP contribution is 2.36. The molecule has 1 amide bonds. The number of morpholine rings is 1. The fourth-order valence-corrected chi connectivity index (χ4v) is 2.47. The summed E-state index contributed by atoms with van der Waals surface area (Å²) in [6.07, 6.45) is 2.34. The van der Waals surface area contributed by atoms with E-state index in [1.165, 1.54) is 18.9 Å². The van der Waals surface area contributed by atoms with Gasteiger partial charge in [-0.05, 0) is 24.8 Å². The van der Waals surface area contributed by atoms with Crippen molar-refractivity contribution in [1.82, 2.24) is 9.88 Å². The van der Waals surface area contributed by atoms with Gasteiger partial charge < -0.3 is 14.6 Å². The number of rotatable bonds is 2. The molecule has 0 radical (unpaired) electrons. The van der Waals surface area contributed by atoms with Crippen molar-refractivity contribution in [2.45, 2.75) is 18.9 Å².